The molecule has 3 heterocycles. The number of hydrogen-bond donors (Lipinski definition) is 2. The van der Waals surface area contributed by atoms with E-state index in [1.807, 2.05) is 41.1 Å². The van der Waals surface area contributed by atoms with Gasteiger partial charge in [-0.1, -0.05) is 24.3 Å². The third-order valence-corrected chi connectivity index (χ3v) is 5.98. The monoisotopic (exact) mass is 392 g/mol. The second kappa shape index (κ2) is 7.57. The molecule has 1 fully saturated rings. The number of fused-ring (bicyclic) bond motifs is 2. The number of aliphatic hydroxyl groups is 1. The average Bonchev–Trinajstić information content (AvgIpc) is 3.27. The molecule has 1 aliphatic carbocycles. The maximum absolute atomic E-state index is 13.1. The molecule has 2 aromatic heterocycles. The number of hydrogen-bond acceptors (Lipinski definition) is 5. The Bertz CT molecular complexity index is 1040. The first-order chi connectivity index (χ1) is 14.2. The highest BCUT2D eigenvalue weighted by atomic mass is 16.5. The Morgan fingerprint density at radius 2 is 2.03 bits per heavy atom. The van der Waals surface area contributed by atoms with E-state index in [9.17, 15) is 9.90 Å². The first-order valence-electron chi connectivity index (χ1n) is 10.2. The minimum absolute atomic E-state index is 0.283. The second-order valence-electron chi connectivity index (χ2n) is 7.88. The maximum Gasteiger partial charge on any atom is 0.273 e. The lowest BCUT2D eigenvalue weighted by Crippen LogP contribution is -2.34. The number of pyridine rings is 1. The van der Waals surface area contributed by atoms with Crippen molar-refractivity contribution in [1.82, 2.24) is 20.1 Å². The Kier molecular flexibility index (Phi) is 4.77. The van der Waals surface area contributed by atoms with Crippen LogP contribution in [-0.2, 0) is 17.7 Å². The number of carbonyl (C=O) groups is 1. The summed E-state index contributed by atoms with van der Waals surface area (Å²) >= 11 is 0. The Balaban J connectivity index is 1.43. The maximum atomic E-state index is 13.1. The molecule has 2 aliphatic rings. The van der Waals surface area contributed by atoms with E-state index < -0.39 is 12.1 Å². The van der Waals surface area contributed by atoms with Crippen LogP contribution in [0.15, 0.2) is 42.6 Å². The molecule has 0 bridgehead atoms. The van der Waals surface area contributed by atoms with E-state index in [-0.39, 0.29) is 5.91 Å². The number of carbonyl (C=O) groups excluding carboxylic acids is 1. The number of aromatic nitrogens is 3. The topological polar surface area (TPSA) is 89.3 Å². The molecule has 0 spiro atoms. The molecule has 1 unspecified atom stereocenters. The number of rotatable bonds is 4. The summed E-state index contributed by atoms with van der Waals surface area (Å²) in [6.07, 6.45) is 3.61. The highest BCUT2D eigenvalue weighted by molar-refractivity contribution is 6.04. The van der Waals surface area contributed by atoms with Crippen LogP contribution >= 0.6 is 0 Å². The van der Waals surface area contributed by atoms with Crippen LogP contribution in [0, 0.1) is 5.92 Å². The quantitative estimate of drug-likeness (QED) is 0.711. The van der Waals surface area contributed by atoms with Gasteiger partial charge in [-0.15, -0.1) is 0 Å². The van der Waals surface area contributed by atoms with Crippen LogP contribution < -0.4 is 5.32 Å². The second-order valence-corrected chi connectivity index (χ2v) is 7.88. The SMILES string of the molecule is O=C(N[C@H]1c2ccccc2CC1O)c1nn(CC2CCOCC2)c2ncccc12. The number of aliphatic hydroxyl groups excluding tert-OH is 1. The Labute approximate surface area is 168 Å². The van der Waals surface area contributed by atoms with Crippen molar-refractivity contribution in [3.05, 3.63) is 59.4 Å². The van der Waals surface area contributed by atoms with Crippen molar-refractivity contribution >= 4 is 16.9 Å². The molecule has 3 aromatic rings. The zero-order valence-corrected chi connectivity index (χ0v) is 16.1. The average molecular weight is 392 g/mol. The van der Waals surface area contributed by atoms with Gasteiger partial charge in [-0.3, -0.25) is 4.79 Å². The predicted octanol–water partition coefficient (Wildman–Crippen LogP) is 2.25. The molecule has 5 rings (SSSR count). The summed E-state index contributed by atoms with van der Waals surface area (Å²) in [5.41, 5.74) is 3.12. The number of nitrogens with one attached hydrogen (secondary N) is 1. The standard InChI is InChI=1S/C22H24N4O3/c27-18-12-15-4-1-2-5-16(15)19(18)24-22(28)20-17-6-3-9-23-21(17)26(25-20)13-14-7-10-29-11-8-14/h1-6,9,14,18-19,27H,7-8,10-13H2,(H,24,28)/t18?,19-/m0/s1. The molecule has 1 aromatic carbocycles. The lowest BCUT2D eigenvalue weighted by molar-refractivity contribution is 0.0604. The lowest BCUT2D eigenvalue weighted by Gasteiger charge is -2.21. The molecule has 150 valence electrons. The van der Waals surface area contributed by atoms with Gasteiger partial charge in [-0.05, 0) is 42.0 Å². The van der Waals surface area contributed by atoms with Crippen molar-refractivity contribution in [2.24, 2.45) is 5.92 Å². The molecular formula is C22H24N4O3. The van der Waals surface area contributed by atoms with Gasteiger partial charge in [0.05, 0.1) is 17.5 Å². The van der Waals surface area contributed by atoms with Crippen molar-refractivity contribution in [2.45, 2.75) is 38.0 Å². The van der Waals surface area contributed by atoms with Crippen LogP contribution in [0.3, 0.4) is 0 Å². The normalized spacial score (nSPS) is 22.0. The minimum Gasteiger partial charge on any atom is -0.390 e. The summed E-state index contributed by atoms with van der Waals surface area (Å²) in [5.74, 6) is 0.183. The van der Waals surface area contributed by atoms with Gasteiger partial charge in [-0.25, -0.2) is 9.67 Å². The van der Waals surface area contributed by atoms with Crippen LogP contribution in [-0.4, -0.2) is 45.1 Å². The highest BCUT2D eigenvalue weighted by Crippen LogP contribution is 2.32. The minimum atomic E-state index is -0.634. The van der Waals surface area contributed by atoms with E-state index >= 15 is 0 Å². The summed E-state index contributed by atoms with van der Waals surface area (Å²) < 4.78 is 7.29. The fourth-order valence-electron chi connectivity index (χ4n) is 4.44. The zero-order valence-electron chi connectivity index (χ0n) is 16.1. The van der Waals surface area contributed by atoms with Crippen LogP contribution in [0.25, 0.3) is 11.0 Å². The Morgan fingerprint density at radius 1 is 1.21 bits per heavy atom. The van der Waals surface area contributed by atoms with Crippen molar-refractivity contribution < 1.29 is 14.6 Å². The lowest BCUT2D eigenvalue weighted by atomic mass is 10.0. The molecule has 7 heteroatoms. The number of amides is 1. The van der Waals surface area contributed by atoms with E-state index in [2.05, 4.69) is 15.4 Å². The molecule has 29 heavy (non-hydrogen) atoms. The molecule has 2 N–H and O–H groups in total. The van der Waals surface area contributed by atoms with Gasteiger partial charge in [0.15, 0.2) is 11.3 Å². The zero-order chi connectivity index (χ0) is 19.8. The summed E-state index contributed by atoms with van der Waals surface area (Å²) in [6.45, 7) is 2.26. The molecule has 7 nitrogen and oxygen atoms in total. The third-order valence-electron chi connectivity index (χ3n) is 5.98. The molecule has 0 radical (unpaired) electrons. The third kappa shape index (κ3) is 3.41. The van der Waals surface area contributed by atoms with Crippen LogP contribution in [0.1, 0.15) is 40.5 Å². The van der Waals surface area contributed by atoms with Gasteiger partial charge in [0.25, 0.3) is 5.91 Å². The first-order valence-corrected chi connectivity index (χ1v) is 10.2. The number of benzene rings is 1. The fraction of sp³-hybridized carbons (Fsp3) is 0.409. The summed E-state index contributed by atoms with van der Waals surface area (Å²) in [7, 11) is 0. The van der Waals surface area contributed by atoms with Crippen molar-refractivity contribution in [2.75, 3.05) is 13.2 Å². The number of ether oxygens (including phenoxy) is 1. The molecule has 0 saturated carbocycles. The smallest absolute Gasteiger partial charge is 0.273 e. The van der Waals surface area contributed by atoms with E-state index in [1.54, 1.807) is 6.20 Å². The van der Waals surface area contributed by atoms with E-state index in [4.69, 9.17) is 4.74 Å². The van der Waals surface area contributed by atoms with E-state index in [1.165, 1.54) is 0 Å². The van der Waals surface area contributed by atoms with Crippen LogP contribution in [0.4, 0.5) is 0 Å². The highest BCUT2D eigenvalue weighted by Gasteiger charge is 2.33. The molecule has 1 aliphatic heterocycles. The largest absolute Gasteiger partial charge is 0.390 e. The van der Waals surface area contributed by atoms with Gasteiger partial charge in [0.1, 0.15) is 0 Å². The fourth-order valence-corrected chi connectivity index (χ4v) is 4.44. The van der Waals surface area contributed by atoms with Gasteiger partial charge in [-0.2, -0.15) is 5.10 Å². The van der Waals surface area contributed by atoms with Gasteiger partial charge < -0.3 is 15.2 Å². The summed E-state index contributed by atoms with van der Waals surface area (Å²) in [5, 5.41) is 18.8. The van der Waals surface area contributed by atoms with Crippen molar-refractivity contribution in [1.29, 1.82) is 0 Å². The van der Waals surface area contributed by atoms with Gasteiger partial charge in [0.2, 0.25) is 0 Å². The number of nitrogens with zero attached hydrogens (tertiary/aromatic N) is 3. The predicted molar refractivity (Wildman–Crippen MR) is 107 cm³/mol. The molecule has 2 atom stereocenters. The van der Waals surface area contributed by atoms with E-state index in [0.29, 0.717) is 18.0 Å². The van der Waals surface area contributed by atoms with Crippen molar-refractivity contribution in [3.63, 3.8) is 0 Å². The van der Waals surface area contributed by atoms with Crippen molar-refractivity contribution in [3.8, 4) is 0 Å². The summed E-state index contributed by atoms with van der Waals surface area (Å²) in [4.78, 5) is 17.6. The Morgan fingerprint density at radius 3 is 2.90 bits per heavy atom. The molecule has 1 amide bonds. The Hall–Kier alpha value is -2.77. The van der Waals surface area contributed by atoms with Gasteiger partial charge >= 0.3 is 0 Å². The molecular weight excluding hydrogens is 368 g/mol. The van der Waals surface area contributed by atoms with Crippen LogP contribution in [0.2, 0.25) is 0 Å². The summed E-state index contributed by atoms with van der Waals surface area (Å²) in [6, 6.07) is 11.1. The van der Waals surface area contributed by atoms with Crippen LogP contribution in [0.5, 0.6) is 0 Å². The van der Waals surface area contributed by atoms with Gasteiger partial charge in [0, 0.05) is 32.4 Å². The molecule has 1 saturated heterocycles. The first kappa shape index (κ1) is 18.3. The van der Waals surface area contributed by atoms with E-state index in [0.717, 1.165) is 54.8 Å².